The van der Waals surface area contributed by atoms with E-state index in [0.29, 0.717) is 5.82 Å². The second-order valence-corrected chi connectivity index (χ2v) is 4.25. The molecular formula is C15H11N3O2. The van der Waals surface area contributed by atoms with Crippen LogP contribution < -0.4 is 0 Å². The van der Waals surface area contributed by atoms with Crippen LogP contribution in [0.3, 0.4) is 0 Å². The Kier molecular flexibility index (Phi) is 3.01. The molecule has 1 aromatic carbocycles. The number of hydrogen-bond acceptors (Lipinski definition) is 3. The first kappa shape index (κ1) is 12.1. The maximum atomic E-state index is 11.0. The first-order valence-electron chi connectivity index (χ1n) is 6.04. The summed E-state index contributed by atoms with van der Waals surface area (Å²) in [4.78, 5) is 15.1. The Bertz CT molecular complexity index is 751. The lowest BCUT2D eigenvalue weighted by Crippen LogP contribution is -2.02. The molecule has 0 atom stereocenters. The van der Waals surface area contributed by atoms with Crippen molar-refractivity contribution in [2.75, 3.05) is 0 Å². The van der Waals surface area contributed by atoms with Crippen LogP contribution in [0.15, 0.2) is 61.1 Å². The van der Waals surface area contributed by atoms with Crippen molar-refractivity contribution in [3.05, 3.63) is 66.6 Å². The second-order valence-electron chi connectivity index (χ2n) is 4.25. The van der Waals surface area contributed by atoms with Gasteiger partial charge in [-0.1, -0.05) is 30.3 Å². The number of aromatic carboxylic acids is 1. The van der Waals surface area contributed by atoms with Gasteiger partial charge in [-0.3, -0.25) is 0 Å². The van der Waals surface area contributed by atoms with Crippen LogP contribution in [0.4, 0.5) is 0 Å². The smallest absolute Gasteiger partial charge is 0.335 e. The topological polar surface area (TPSA) is 68.0 Å². The van der Waals surface area contributed by atoms with E-state index in [4.69, 9.17) is 5.11 Å². The number of nitrogens with zero attached hydrogens (tertiary/aromatic N) is 3. The summed E-state index contributed by atoms with van der Waals surface area (Å²) in [5.74, 6) is -0.504. The maximum Gasteiger partial charge on any atom is 0.335 e. The van der Waals surface area contributed by atoms with E-state index in [0.717, 1.165) is 11.1 Å². The van der Waals surface area contributed by atoms with Gasteiger partial charge in [-0.05, 0) is 17.7 Å². The molecule has 2 aromatic heterocycles. The van der Waals surface area contributed by atoms with Crippen LogP contribution in [-0.2, 0) is 0 Å². The fourth-order valence-electron chi connectivity index (χ4n) is 1.90. The van der Waals surface area contributed by atoms with E-state index in [-0.39, 0.29) is 5.56 Å². The monoisotopic (exact) mass is 265 g/mol. The highest BCUT2D eigenvalue weighted by Gasteiger charge is 2.07. The standard InChI is InChI=1S/C15H11N3O2/c19-15(20)12-6-7-16-14(8-12)18-10-13(9-17-18)11-4-2-1-3-5-11/h1-10H,(H,19,20). The highest BCUT2D eigenvalue weighted by molar-refractivity contribution is 5.87. The zero-order valence-corrected chi connectivity index (χ0v) is 10.5. The Hall–Kier alpha value is -2.95. The lowest BCUT2D eigenvalue weighted by molar-refractivity contribution is 0.0696. The number of carboxylic acids is 1. The Morgan fingerprint density at radius 1 is 1.10 bits per heavy atom. The van der Waals surface area contributed by atoms with Crippen LogP contribution in [0.5, 0.6) is 0 Å². The summed E-state index contributed by atoms with van der Waals surface area (Å²) in [6.45, 7) is 0. The predicted molar refractivity (Wildman–Crippen MR) is 73.8 cm³/mol. The van der Waals surface area contributed by atoms with E-state index in [1.165, 1.54) is 18.3 Å². The van der Waals surface area contributed by atoms with Gasteiger partial charge in [0.25, 0.3) is 0 Å². The minimum atomic E-state index is -0.982. The number of carbonyl (C=O) groups is 1. The number of rotatable bonds is 3. The molecule has 5 nitrogen and oxygen atoms in total. The van der Waals surface area contributed by atoms with Crippen molar-refractivity contribution in [2.24, 2.45) is 0 Å². The van der Waals surface area contributed by atoms with Gasteiger partial charge < -0.3 is 5.11 Å². The average Bonchev–Trinajstić information content (AvgIpc) is 2.98. The van der Waals surface area contributed by atoms with Crippen molar-refractivity contribution in [3.8, 4) is 16.9 Å². The molecule has 20 heavy (non-hydrogen) atoms. The molecule has 2 heterocycles. The summed E-state index contributed by atoms with van der Waals surface area (Å²) in [7, 11) is 0. The molecule has 3 aromatic rings. The summed E-state index contributed by atoms with van der Waals surface area (Å²) >= 11 is 0. The summed E-state index contributed by atoms with van der Waals surface area (Å²) in [6.07, 6.45) is 5.01. The Labute approximate surface area is 115 Å². The summed E-state index contributed by atoms with van der Waals surface area (Å²) in [5, 5.41) is 13.2. The van der Waals surface area contributed by atoms with Crippen LogP contribution in [0.25, 0.3) is 16.9 Å². The molecule has 0 radical (unpaired) electrons. The van der Waals surface area contributed by atoms with Gasteiger partial charge in [0, 0.05) is 18.0 Å². The van der Waals surface area contributed by atoms with Crippen molar-refractivity contribution < 1.29 is 9.90 Å². The maximum absolute atomic E-state index is 11.0. The van der Waals surface area contributed by atoms with Gasteiger partial charge in [-0.2, -0.15) is 5.10 Å². The third kappa shape index (κ3) is 2.29. The lowest BCUT2D eigenvalue weighted by Gasteiger charge is -2.01. The molecular weight excluding hydrogens is 254 g/mol. The Balaban J connectivity index is 1.98. The molecule has 0 aliphatic rings. The van der Waals surface area contributed by atoms with Crippen molar-refractivity contribution in [1.29, 1.82) is 0 Å². The van der Waals surface area contributed by atoms with Crippen molar-refractivity contribution in [1.82, 2.24) is 14.8 Å². The zero-order valence-electron chi connectivity index (χ0n) is 10.5. The molecule has 0 unspecified atom stereocenters. The van der Waals surface area contributed by atoms with Crippen LogP contribution in [0.2, 0.25) is 0 Å². The van der Waals surface area contributed by atoms with Crippen LogP contribution in [0.1, 0.15) is 10.4 Å². The van der Waals surface area contributed by atoms with Gasteiger partial charge in [-0.15, -0.1) is 0 Å². The first-order valence-corrected chi connectivity index (χ1v) is 6.04. The zero-order chi connectivity index (χ0) is 13.9. The van der Waals surface area contributed by atoms with Gasteiger partial charge in [0.05, 0.1) is 11.8 Å². The number of benzene rings is 1. The quantitative estimate of drug-likeness (QED) is 0.790. The fraction of sp³-hybridized carbons (Fsp3) is 0. The van der Waals surface area contributed by atoms with E-state index >= 15 is 0 Å². The highest BCUT2D eigenvalue weighted by Crippen LogP contribution is 2.19. The number of hydrogen-bond donors (Lipinski definition) is 1. The molecule has 0 saturated carbocycles. The fourth-order valence-corrected chi connectivity index (χ4v) is 1.90. The van der Waals surface area contributed by atoms with E-state index in [1.807, 2.05) is 36.5 Å². The number of aromatic nitrogens is 3. The van der Waals surface area contributed by atoms with Crippen molar-refractivity contribution in [2.45, 2.75) is 0 Å². The molecule has 0 amide bonds. The molecule has 0 spiro atoms. The molecule has 5 heteroatoms. The minimum Gasteiger partial charge on any atom is -0.478 e. The van der Waals surface area contributed by atoms with Gasteiger partial charge in [0.1, 0.15) is 0 Å². The van der Waals surface area contributed by atoms with Crippen LogP contribution >= 0.6 is 0 Å². The first-order chi connectivity index (χ1) is 9.74. The van der Waals surface area contributed by atoms with Gasteiger partial charge in [-0.25, -0.2) is 14.5 Å². The second kappa shape index (κ2) is 4.97. The van der Waals surface area contributed by atoms with Crippen molar-refractivity contribution in [3.63, 3.8) is 0 Å². The average molecular weight is 265 g/mol. The Morgan fingerprint density at radius 3 is 2.65 bits per heavy atom. The number of carboxylic acid groups (broad SMARTS) is 1. The third-order valence-corrected chi connectivity index (χ3v) is 2.92. The lowest BCUT2D eigenvalue weighted by atomic mass is 10.1. The van der Waals surface area contributed by atoms with Gasteiger partial charge in [0.2, 0.25) is 0 Å². The normalized spacial score (nSPS) is 10.4. The molecule has 3 rings (SSSR count). The number of pyridine rings is 1. The molecule has 0 aliphatic carbocycles. The SMILES string of the molecule is O=C(O)c1ccnc(-n2cc(-c3ccccc3)cn2)c1. The molecule has 0 fully saturated rings. The highest BCUT2D eigenvalue weighted by atomic mass is 16.4. The van der Waals surface area contributed by atoms with Crippen LogP contribution in [-0.4, -0.2) is 25.8 Å². The molecule has 0 saturated heterocycles. The van der Waals surface area contributed by atoms with E-state index in [9.17, 15) is 4.79 Å². The van der Waals surface area contributed by atoms with Crippen molar-refractivity contribution >= 4 is 5.97 Å². The molecule has 1 N–H and O–H groups in total. The van der Waals surface area contributed by atoms with Gasteiger partial charge in [0.15, 0.2) is 5.82 Å². The third-order valence-electron chi connectivity index (χ3n) is 2.92. The van der Waals surface area contributed by atoms with Crippen LogP contribution in [0, 0.1) is 0 Å². The van der Waals surface area contributed by atoms with E-state index in [1.54, 1.807) is 10.9 Å². The Morgan fingerprint density at radius 2 is 1.90 bits per heavy atom. The van der Waals surface area contributed by atoms with Gasteiger partial charge >= 0.3 is 5.97 Å². The van der Waals surface area contributed by atoms with E-state index < -0.39 is 5.97 Å². The summed E-state index contributed by atoms with van der Waals surface area (Å²) in [5.41, 5.74) is 2.19. The summed E-state index contributed by atoms with van der Waals surface area (Å²) in [6, 6.07) is 12.8. The molecule has 0 aliphatic heterocycles. The van der Waals surface area contributed by atoms with E-state index in [2.05, 4.69) is 10.1 Å². The minimum absolute atomic E-state index is 0.187. The summed E-state index contributed by atoms with van der Waals surface area (Å²) < 4.78 is 1.56. The molecule has 98 valence electrons. The predicted octanol–water partition coefficient (Wildman–Crippen LogP) is 2.63. The largest absolute Gasteiger partial charge is 0.478 e. The molecule has 0 bridgehead atoms.